The van der Waals surface area contributed by atoms with Gasteiger partial charge in [0.15, 0.2) is 17.3 Å². The van der Waals surface area contributed by atoms with Gasteiger partial charge in [0.25, 0.3) is 5.91 Å². The maximum absolute atomic E-state index is 15.9. The fourth-order valence-corrected chi connectivity index (χ4v) is 6.80. The summed E-state index contributed by atoms with van der Waals surface area (Å²) in [6.45, 7) is 6.16. The number of nitrogens with zero attached hydrogens (tertiary/aromatic N) is 3. The first-order chi connectivity index (χ1) is 21.5. The number of carbonyl (C=O) groups is 1. The minimum atomic E-state index is -0.590. The second kappa shape index (κ2) is 12.2. The zero-order chi connectivity index (χ0) is 30.2. The van der Waals surface area contributed by atoms with Gasteiger partial charge in [-0.05, 0) is 63.3 Å². The van der Waals surface area contributed by atoms with Crippen molar-refractivity contribution in [3.8, 4) is 17.2 Å². The number of ether oxygens (including phenoxy) is 2. The van der Waals surface area contributed by atoms with Gasteiger partial charge in [-0.2, -0.15) is 0 Å². The van der Waals surface area contributed by atoms with Crippen molar-refractivity contribution >= 4 is 33.3 Å². The molecule has 230 valence electrons. The van der Waals surface area contributed by atoms with E-state index in [1.807, 2.05) is 41.0 Å². The van der Waals surface area contributed by atoms with Gasteiger partial charge in [-0.25, -0.2) is 4.39 Å². The molecule has 1 amide bonds. The molecule has 2 saturated heterocycles. The second-order valence-electron chi connectivity index (χ2n) is 12.0. The Hall–Kier alpha value is -3.99. The molecule has 3 aliphatic heterocycles. The molecule has 2 N–H and O–H groups in total. The third-order valence-electron chi connectivity index (χ3n) is 9.25. The van der Waals surface area contributed by atoms with Gasteiger partial charge in [-0.3, -0.25) is 14.5 Å². The Morgan fingerprint density at radius 1 is 1.05 bits per heavy atom. The molecule has 2 fully saturated rings. The summed E-state index contributed by atoms with van der Waals surface area (Å²) in [7, 11) is 2.10. The molecule has 4 heterocycles. The molecule has 1 atom stereocenters. The van der Waals surface area contributed by atoms with E-state index in [1.165, 1.54) is 6.07 Å². The summed E-state index contributed by atoms with van der Waals surface area (Å²) in [6, 6.07) is 13.4. The van der Waals surface area contributed by atoms with Crippen molar-refractivity contribution in [3.63, 3.8) is 0 Å². The zero-order valence-corrected chi connectivity index (χ0v) is 25.0. The number of benzene rings is 3. The topological polar surface area (TPSA) is 88.1 Å². The van der Waals surface area contributed by atoms with Crippen molar-refractivity contribution in [2.24, 2.45) is 0 Å². The van der Waals surface area contributed by atoms with Crippen LogP contribution in [0.5, 0.6) is 11.5 Å². The summed E-state index contributed by atoms with van der Waals surface area (Å²) in [4.78, 5) is 31.8. The maximum atomic E-state index is 15.9. The van der Waals surface area contributed by atoms with Crippen LogP contribution >= 0.6 is 0 Å². The number of hydrogen-bond donors (Lipinski definition) is 2. The molecule has 10 heteroatoms. The molecule has 4 aromatic rings. The van der Waals surface area contributed by atoms with E-state index in [-0.39, 0.29) is 22.4 Å². The van der Waals surface area contributed by atoms with Gasteiger partial charge in [-0.15, -0.1) is 0 Å². The Labute approximate surface area is 255 Å². The predicted molar refractivity (Wildman–Crippen MR) is 170 cm³/mol. The molecule has 0 spiro atoms. The van der Waals surface area contributed by atoms with Crippen molar-refractivity contribution in [1.82, 2.24) is 19.7 Å². The molecule has 7 rings (SSSR count). The van der Waals surface area contributed by atoms with E-state index in [1.54, 1.807) is 6.20 Å². The molecule has 9 nitrogen and oxygen atoms in total. The minimum Gasteiger partial charge on any atom is -0.450 e. The van der Waals surface area contributed by atoms with Crippen LogP contribution < -0.4 is 20.8 Å². The summed E-state index contributed by atoms with van der Waals surface area (Å²) >= 11 is 0. The van der Waals surface area contributed by atoms with E-state index in [2.05, 4.69) is 27.5 Å². The van der Waals surface area contributed by atoms with Crippen LogP contribution in [0, 0.1) is 5.82 Å². The quantitative estimate of drug-likeness (QED) is 0.237. The first kappa shape index (κ1) is 28.8. The molecule has 1 aromatic heterocycles. The number of halogens is 1. The van der Waals surface area contributed by atoms with Gasteiger partial charge in [-0.1, -0.05) is 30.3 Å². The molecular formula is C34H38FN5O4. The van der Waals surface area contributed by atoms with Crippen molar-refractivity contribution in [2.45, 2.75) is 31.7 Å². The lowest BCUT2D eigenvalue weighted by atomic mass is 10.0. The number of anilines is 1. The van der Waals surface area contributed by atoms with Crippen molar-refractivity contribution in [1.29, 1.82) is 0 Å². The van der Waals surface area contributed by atoms with Crippen LogP contribution in [0.15, 0.2) is 53.5 Å². The zero-order valence-electron chi connectivity index (χ0n) is 25.0. The van der Waals surface area contributed by atoms with Gasteiger partial charge < -0.3 is 29.6 Å². The van der Waals surface area contributed by atoms with Gasteiger partial charge in [0, 0.05) is 43.8 Å². The van der Waals surface area contributed by atoms with E-state index in [4.69, 9.17) is 9.47 Å². The number of amides is 1. The van der Waals surface area contributed by atoms with Gasteiger partial charge in [0.05, 0.1) is 24.3 Å². The Kier molecular flexibility index (Phi) is 7.97. The Morgan fingerprint density at radius 3 is 2.70 bits per heavy atom. The third-order valence-corrected chi connectivity index (χ3v) is 9.25. The minimum absolute atomic E-state index is 0.0187. The predicted octanol–water partition coefficient (Wildman–Crippen LogP) is 4.74. The van der Waals surface area contributed by atoms with Crippen molar-refractivity contribution < 1.29 is 18.7 Å². The summed E-state index contributed by atoms with van der Waals surface area (Å²) in [5.41, 5.74) is 0.809. The number of carbonyl (C=O) groups excluding carboxylic acids is 1. The van der Waals surface area contributed by atoms with Crippen molar-refractivity contribution in [3.05, 3.63) is 70.3 Å². The number of rotatable bonds is 9. The van der Waals surface area contributed by atoms with Crippen LogP contribution in [0.4, 0.5) is 10.1 Å². The van der Waals surface area contributed by atoms with Crippen LogP contribution in [0.2, 0.25) is 0 Å². The second-order valence-corrected chi connectivity index (χ2v) is 12.0. The summed E-state index contributed by atoms with van der Waals surface area (Å²) < 4.78 is 29.7. The van der Waals surface area contributed by atoms with Gasteiger partial charge in [0.2, 0.25) is 5.43 Å². The molecule has 0 radical (unpaired) electrons. The van der Waals surface area contributed by atoms with Crippen LogP contribution in [0.1, 0.15) is 36.0 Å². The largest absolute Gasteiger partial charge is 0.450 e. The first-order valence-electron chi connectivity index (χ1n) is 15.6. The highest BCUT2D eigenvalue weighted by Crippen LogP contribution is 2.47. The molecule has 0 saturated carbocycles. The molecule has 44 heavy (non-hydrogen) atoms. The van der Waals surface area contributed by atoms with E-state index < -0.39 is 17.2 Å². The lowest BCUT2D eigenvalue weighted by molar-refractivity contribution is 0.0378. The maximum Gasteiger partial charge on any atom is 0.256 e. The fourth-order valence-electron chi connectivity index (χ4n) is 6.80. The third kappa shape index (κ3) is 5.31. The van der Waals surface area contributed by atoms with Crippen LogP contribution in [0.3, 0.4) is 0 Å². The number of fused-ring (bicyclic) bond motifs is 4. The number of morpholine rings is 1. The van der Waals surface area contributed by atoms with Crippen LogP contribution in [0.25, 0.3) is 27.4 Å². The molecule has 0 aliphatic carbocycles. The normalized spacial score (nSPS) is 18.4. The first-order valence-corrected chi connectivity index (χ1v) is 15.6. The average molecular weight is 600 g/mol. The highest BCUT2D eigenvalue weighted by molar-refractivity contribution is 6.03. The number of aromatic nitrogens is 1. The van der Waals surface area contributed by atoms with Crippen molar-refractivity contribution in [2.75, 3.05) is 64.8 Å². The number of pyridine rings is 1. The number of likely N-dealkylation sites (tertiary alicyclic amines) is 1. The monoisotopic (exact) mass is 599 g/mol. The number of hydrogen-bond acceptors (Lipinski definition) is 7. The van der Waals surface area contributed by atoms with Crippen LogP contribution in [-0.2, 0) is 4.74 Å². The summed E-state index contributed by atoms with van der Waals surface area (Å²) in [5, 5.41) is 8.15. The van der Waals surface area contributed by atoms with E-state index >= 15 is 4.39 Å². The SMILES string of the molecule is CN1CCCC1CCNC(=O)c1cn2c3c(c(NCCCN4CCOCC4)c(F)cc3c1=O)Oc1c-2ccc2ccccc12. The van der Waals surface area contributed by atoms with Crippen LogP contribution in [-0.4, -0.2) is 85.8 Å². The van der Waals surface area contributed by atoms with E-state index in [0.717, 1.165) is 75.8 Å². The molecule has 0 bridgehead atoms. The Morgan fingerprint density at radius 2 is 1.89 bits per heavy atom. The lowest BCUT2D eigenvalue weighted by Crippen LogP contribution is -2.37. The fraction of sp³-hybridized carbons (Fsp3) is 0.412. The van der Waals surface area contributed by atoms with Gasteiger partial charge >= 0.3 is 0 Å². The lowest BCUT2D eigenvalue weighted by Gasteiger charge is -2.28. The van der Waals surface area contributed by atoms with E-state index in [0.29, 0.717) is 36.1 Å². The van der Waals surface area contributed by atoms with E-state index in [9.17, 15) is 9.59 Å². The highest BCUT2D eigenvalue weighted by Gasteiger charge is 2.30. The number of nitrogens with one attached hydrogen (secondary N) is 2. The Bertz CT molecular complexity index is 1780. The summed E-state index contributed by atoms with van der Waals surface area (Å²) in [5.74, 6) is -0.239. The molecule has 3 aliphatic rings. The smallest absolute Gasteiger partial charge is 0.256 e. The highest BCUT2D eigenvalue weighted by atomic mass is 19.1. The standard InChI is InChI=1S/C34H38FN5O4/c1-38-14-4-7-23(38)11-13-37-34(42)26-21-40-28-10-9-22-6-2-3-8-24(22)32(28)44-33-29(27(35)20-25(30(33)40)31(26)41)36-12-5-15-39-16-18-43-19-17-39/h2-3,6,8-10,20-21,23,36H,4-5,7,11-19H2,1H3,(H,37,42). The molecular weight excluding hydrogens is 561 g/mol. The summed E-state index contributed by atoms with van der Waals surface area (Å²) in [6.07, 6.45) is 5.46. The van der Waals surface area contributed by atoms with Gasteiger partial charge in [0.1, 0.15) is 16.8 Å². The Balaban J connectivity index is 1.25. The average Bonchev–Trinajstić information content (AvgIpc) is 3.45. The molecule has 1 unspecified atom stereocenters. The molecule has 3 aromatic carbocycles.